The molecule has 192 valence electrons. The Morgan fingerprint density at radius 3 is 2.64 bits per heavy atom. The lowest BCUT2D eigenvalue weighted by Crippen LogP contribution is -2.45. The van der Waals surface area contributed by atoms with Crippen LogP contribution in [0.2, 0.25) is 0 Å². The second-order valence-corrected chi connectivity index (χ2v) is 10.9. The third kappa shape index (κ3) is 3.93. The molecule has 0 aliphatic carbocycles. The van der Waals surface area contributed by atoms with Crippen molar-refractivity contribution < 1.29 is 23.8 Å². The summed E-state index contributed by atoms with van der Waals surface area (Å²) in [6.07, 6.45) is 2.15. The van der Waals surface area contributed by atoms with E-state index in [-0.39, 0.29) is 24.8 Å². The summed E-state index contributed by atoms with van der Waals surface area (Å²) in [7, 11) is 0. The summed E-state index contributed by atoms with van der Waals surface area (Å²) < 4.78 is 21.9. The summed E-state index contributed by atoms with van der Waals surface area (Å²) in [6, 6.07) is 15.4. The molecule has 0 saturated carbocycles. The summed E-state index contributed by atoms with van der Waals surface area (Å²) in [5, 5.41) is 9.66. The van der Waals surface area contributed by atoms with Crippen molar-refractivity contribution in [3.8, 4) is 0 Å². The van der Waals surface area contributed by atoms with Gasteiger partial charge in [-0.2, -0.15) is 0 Å². The summed E-state index contributed by atoms with van der Waals surface area (Å²) >= 11 is 0. The van der Waals surface area contributed by atoms with Gasteiger partial charge in [-0.3, -0.25) is 9.59 Å². The molecule has 2 amide bonds. The zero-order chi connectivity index (χ0) is 25.7. The number of fused-ring (bicyclic) bond motifs is 2. The summed E-state index contributed by atoms with van der Waals surface area (Å²) in [5.74, 6) is -1.05. The molecule has 1 N–H and O–H groups in total. The number of carbonyl (C=O) groups excluding carboxylic acids is 2. The Balaban J connectivity index is 1.51. The van der Waals surface area contributed by atoms with Crippen LogP contribution in [0, 0.1) is 11.8 Å². The van der Waals surface area contributed by atoms with Gasteiger partial charge in [0, 0.05) is 42.7 Å². The molecule has 0 bridgehead atoms. The van der Waals surface area contributed by atoms with E-state index in [2.05, 4.69) is 0 Å². The molecule has 7 heteroatoms. The number of hydrogen-bond donors (Lipinski definition) is 1. The van der Waals surface area contributed by atoms with Crippen LogP contribution in [0.5, 0.6) is 0 Å². The molecule has 2 saturated heterocycles. The maximum Gasteiger partial charge on any atom is 0.264 e. The van der Waals surface area contributed by atoms with E-state index in [1.807, 2.05) is 60.4 Å². The standard InChI is InChI=1S/C29H35FN2O4/c1-19-26(28(2,3)30)24(14-16-33)36-29(19)22-11-4-5-12-23(22)32(27(29)35)18-20-9-8-10-21(17-20)31-15-7-6-13-25(31)34/h4-5,8-12,17,19,24,26,33H,6-7,13-16,18H2,1-3H3/t19-,24+,26-,29+/m0/s1. The molecule has 4 atom stereocenters. The lowest BCUT2D eigenvalue weighted by molar-refractivity contribution is -0.146. The van der Waals surface area contributed by atoms with E-state index >= 15 is 4.39 Å². The van der Waals surface area contributed by atoms with Crippen molar-refractivity contribution in [3.05, 3.63) is 59.7 Å². The maximum absolute atomic E-state index is 15.4. The number of carbonyl (C=O) groups is 2. The van der Waals surface area contributed by atoms with Gasteiger partial charge in [0.05, 0.1) is 18.3 Å². The second-order valence-electron chi connectivity index (χ2n) is 10.9. The van der Waals surface area contributed by atoms with Crippen LogP contribution in [0.15, 0.2) is 48.5 Å². The number of aliphatic hydroxyl groups excluding tert-OH is 1. The van der Waals surface area contributed by atoms with E-state index in [1.54, 1.807) is 4.90 Å². The predicted octanol–water partition coefficient (Wildman–Crippen LogP) is 4.73. The third-order valence-electron chi connectivity index (χ3n) is 8.17. The molecule has 0 radical (unpaired) electrons. The van der Waals surface area contributed by atoms with Gasteiger partial charge in [-0.25, -0.2) is 4.39 Å². The Morgan fingerprint density at radius 2 is 1.92 bits per heavy atom. The van der Waals surface area contributed by atoms with Crippen LogP contribution in [-0.2, 0) is 26.5 Å². The number of para-hydroxylation sites is 1. The SMILES string of the molecule is C[C@H]1[C@H](C(C)(C)F)[C@@H](CCO)O[C@]12C(=O)N(Cc1cccc(N3CCCCC3=O)c1)c1ccccc12. The third-order valence-corrected chi connectivity index (χ3v) is 8.17. The van der Waals surface area contributed by atoms with E-state index in [0.29, 0.717) is 19.5 Å². The zero-order valence-corrected chi connectivity index (χ0v) is 21.2. The van der Waals surface area contributed by atoms with Crippen LogP contribution < -0.4 is 9.80 Å². The summed E-state index contributed by atoms with van der Waals surface area (Å²) in [5.41, 5.74) is 0.380. The van der Waals surface area contributed by atoms with E-state index in [0.717, 1.165) is 35.3 Å². The monoisotopic (exact) mass is 494 g/mol. The molecule has 6 nitrogen and oxygen atoms in total. The van der Waals surface area contributed by atoms with Crippen LogP contribution in [0.25, 0.3) is 0 Å². The molecule has 5 rings (SSSR count). The number of alkyl halides is 1. The fraction of sp³-hybridized carbons (Fsp3) is 0.517. The number of amides is 2. The van der Waals surface area contributed by atoms with Gasteiger partial charge in [-0.1, -0.05) is 37.3 Å². The first-order valence-corrected chi connectivity index (χ1v) is 13.0. The Labute approximate surface area is 212 Å². The molecule has 1 spiro atoms. The number of halogens is 1. The molecular formula is C29H35FN2O4. The maximum atomic E-state index is 15.4. The van der Waals surface area contributed by atoms with E-state index in [1.165, 1.54) is 13.8 Å². The fourth-order valence-corrected chi connectivity index (χ4v) is 6.64. The predicted molar refractivity (Wildman–Crippen MR) is 136 cm³/mol. The number of aliphatic hydroxyl groups is 1. The molecule has 36 heavy (non-hydrogen) atoms. The molecule has 0 aromatic heterocycles. The first-order chi connectivity index (χ1) is 17.2. The Morgan fingerprint density at radius 1 is 1.14 bits per heavy atom. The first-order valence-electron chi connectivity index (χ1n) is 13.0. The van der Waals surface area contributed by atoms with Gasteiger partial charge in [0.2, 0.25) is 5.91 Å². The van der Waals surface area contributed by atoms with Gasteiger partial charge < -0.3 is 19.6 Å². The number of benzene rings is 2. The number of anilines is 2. The minimum atomic E-state index is -1.58. The van der Waals surface area contributed by atoms with Gasteiger partial charge in [0.1, 0.15) is 5.67 Å². The smallest absolute Gasteiger partial charge is 0.264 e. The largest absolute Gasteiger partial charge is 0.396 e. The topological polar surface area (TPSA) is 70.1 Å². The normalized spacial score (nSPS) is 28.3. The number of hydrogen-bond acceptors (Lipinski definition) is 4. The second kappa shape index (κ2) is 9.27. The number of nitrogens with zero attached hydrogens (tertiary/aromatic N) is 2. The van der Waals surface area contributed by atoms with Gasteiger partial charge in [-0.15, -0.1) is 0 Å². The number of ether oxygens (including phenoxy) is 1. The first kappa shape index (κ1) is 24.9. The van der Waals surface area contributed by atoms with Gasteiger partial charge in [-0.05, 0) is 56.9 Å². The molecule has 0 unspecified atom stereocenters. The van der Waals surface area contributed by atoms with Gasteiger partial charge in [0.15, 0.2) is 5.60 Å². The molecule has 3 heterocycles. The Kier molecular flexibility index (Phi) is 6.41. The van der Waals surface area contributed by atoms with E-state index in [9.17, 15) is 14.7 Å². The molecule has 2 aromatic carbocycles. The zero-order valence-electron chi connectivity index (χ0n) is 21.2. The average molecular weight is 495 g/mol. The van der Waals surface area contributed by atoms with Crippen molar-refractivity contribution >= 4 is 23.2 Å². The van der Waals surface area contributed by atoms with Crippen LogP contribution in [0.4, 0.5) is 15.8 Å². The highest BCUT2D eigenvalue weighted by atomic mass is 19.1. The van der Waals surface area contributed by atoms with E-state index in [4.69, 9.17) is 4.74 Å². The summed E-state index contributed by atoms with van der Waals surface area (Å²) in [4.78, 5) is 30.2. The number of rotatable bonds is 6. The lowest BCUT2D eigenvalue weighted by Gasteiger charge is -2.32. The molecule has 2 fully saturated rings. The fourth-order valence-electron chi connectivity index (χ4n) is 6.64. The molecular weight excluding hydrogens is 459 g/mol. The highest BCUT2D eigenvalue weighted by Gasteiger charge is 2.65. The van der Waals surface area contributed by atoms with Crippen molar-refractivity contribution in [1.29, 1.82) is 0 Å². The van der Waals surface area contributed by atoms with E-state index < -0.39 is 29.2 Å². The average Bonchev–Trinajstić information content (AvgIpc) is 3.27. The quantitative estimate of drug-likeness (QED) is 0.631. The van der Waals surface area contributed by atoms with Crippen molar-refractivity contribution in [2.75, 3.05) is 23.0 Å². The van der Waals surface area contributed by atoms with Crippen LogP contribution in [0.3, 0.4) is 0 Å². The van der Waals surface area contributed by atoms with Crippen molar-refractivity contribution in [3.63, 3.8) is 0 Å². The molecule has 3 aliphatic heterocycles. The number of piperidine rings is 1. The minimum Gasteiger partial charge on any atom is -0.396 e. The van der Waals surface area contributed by atoms with Crippen LogP contribution >= 0.6 is 0 Å². The lowest BCUT2D eigenvalue weighted by atomic mass is 9.71. The Bertz CT molecular complexity index is 1160. The highest BCUT2D eigenvalue weighted by Crippen LogP contribution is 2.58. The van der Waals surface area contributed by atoms with Crippen molar-refractivity contribution in [1.82, 2.24) is 0 Å². The van der Waals surface area contributed by atoms with Crippen LogP contribution in [-0.4, -0.2) is 41.8 Å². The van der Waals surface area contributed by atoms with Gasteiger partial charge >= 0.3 is 0 Å². The highest BCUT2D eigenvalue weighted by molar-refractivity contribution is 6.07. The van der Waals surface area contributed by atoms with Crippen molar-refractivity contribution in [2.24, 2.45) is 11.8 Å². The Hall–Kier alpha value is -2.77. The molecule has 3 aliphatic rings. The van der Waals surface area contributed by atoms with Crippen LogP contribution in [0.1, 0.15) is 57.6 Å². The van der Waals surface area contributed by atoms with Gasteiger partial charge in [0.25, 0.3) is 5.91 Å². The minimum absolute atomic E-state index is 0.128. The molecule has 2 aromatic rings. The summed E-state index contributed by atoms with van der Waals surface area (Å²) in [6.45, 7) is 5.83. The van der Waals surface area contributed by atoms with Crippen molar-refractivity contribution in [2.45, 2.75) is 70.4 Å².